The molecule has 0 aliphatic carbocycles. The topological polar surface area (TPSA) is 83.3 Å². The number of nitrogens with one attached hydrogen (secondary N) is 1. The molecule has 3 aromatic rings. The second-order valence-electron chi connectivity index (χ2n) is 8.32. The van der Waals surface area contributed by atoms with Crippen LogP contribution in [0, 0.1) is 0 Å². The fourth-order valence-electron chi connectivity index (χ4n) is 3.56. The third-order valence-corrected chi connectivity index (χ3v) is 4.82. The fraction of sp³-hybridized carbons (Fsp3) is 0.417. The number of pyridine rings is 1. The highest BCUT2D eigenvalue weighted by atomic mass is 16.6. The molecule has 3 rings (SSSR count). The first-order valence-corrected chi connectivity index (χ1v) is 10.5. The van der Waals surface area contributed by atoms with Crippen LogP contribution in [0.15, 0.2) is 30.3 Å². The average Bonchev–Trinajstić information content (AvgIpc) is 3.09. The van der Waals surface area contributed by atoms with Crippen molar-refractivity contribution in [3.63, 3.8) is 0 Å². The minimum atomic E-state index is -0.602. The van der Waals surface area contributed by atoms with E-state index in [1.165, 1.54) is 0 Å². The van der Waals surface area contributed by atoms with Crippen LogP contribution in [0.4, 0.5) is 10.5 Å². The molecule has 0 aliphatic heterocycles. The second-order valence-corrected chi connectivity index (χ2v) is 8.32. The van der Waals surface area contributed by atoms with E-state index in [0.29, 0.717) is 30.2 Å². The summed E-state index contributed by atoms with van der Waals surface area (Å²) in [5, 5.41) is 7.66. The summed E-state index contributed by atoms with van der Waals surface area (Å²) in [5.41, 5.74) is 3.97. The van der Waals surface area contributed by atoms with E-state index < -0.39 is 11.7 Å². The van der Waals surface area contributed by atoms with Crippen LogP contribution in [-0.4, -0.2) is 42.6 Å². The van der Waals surface area contributed by atoms with Crippen LogP contribution in [0.2, 0.25) is 0 Å². The van der Waals surface area contributed by atoms with Gasteiger partial charge in [-0.3, -0.25) is 5.32 Å². The molecule has 2 heterocycles. The number of ether oxygens (including phenoxy) is 4. The van der Waals surface area contributed by atoms with Crippen molar-refractivity contribution in [3.8, 4) is 22.8 Å². The lowest BCUT2D eigenvalue weighted by Gasteiger charge is -2.19. The van der Waals surface area contributed by atoms with Gasteiger partial charge in [0.05, 0.1) is 49.0 Å². The quantitative estimate of drug-likeness (QED) is 0.551. The molecule has 172 valence electrons. The Balaban J connectivity index is 2.18. The molecule has 0 atom stereocenters. The van der Waals surface area contributed by atoms with E-state index in [0.717, 1.165) is 28.0 Å². The number of benzene rings is 1. The van der Waals surface area contributed by atoms with Gasteiger partial charge in [-0.2, -0.15) is 5.10 Å². The minimum Gasteiger partial charge on any atom is -0.496 e. The first kappa shape index (κ1) is 23.4. The van der Waals surface area contributed by atoms with Gasteiger partial charge in [0.2, 0.25) is 0 Å². The van der Waals surface area contributed by atoms with E-state index in [-0.39, 0.29) is 0 Å². The summed E-state index contributed by atoms with van der Waals surface area (Å²) < 4.78 is 23.9. The molecular weight excluding hydrogens is 410 g/mol. The maximum atomic E-state index is 12.5. The Morgan fingerprint density at radius 1 is 1.09 bits per heavy atom. The molecule has 1 aromatic carbocycles. The van der Waals surface area contributed by atoms with Gasteiger partial charge in [-0.1, -0.05) is 13.0 Å². The van der Waals surface area contributed by atoms with Crippen molar-refractivity contribution >= 4 is 17.3 Å². The standard InChI is InChI=1S/C24H31N3O5/c1-8-16-22(25-23(28)32-24(2,3)4)18-11-9-10-17(27(18)26-16)21-19(30-6)12-15(14-29-5)13-20(21)31-7/h9-13H,8,14H2,1-7H3,(H,25,28). The summed E-state index contributed by atoms with van der Waals surface area (Å²) in [5.74, 6) is 1.28. The number of carbonyl (C=O) groups is 1. The second kappa shape index (κ2) is 9.48. The molecule has 0 spiro atoms. The Kier molecular flexibility index (Phi) is 6.93. The molecule has 0 radical (unpaired) electrons. The first-order valence-electron chi connectivity index (χ1n) is 10.5. The van der Waals surface area contributed by atoms with E-state index in [2.05, 4.69) is 5.32 Å². The third kappa shape index (κ3) is 4.80. The molecule has 0 aliphatic rings. The van der Waals surface area contributed by atoms with Gasteiger partial charge < -0.3 is 18.9 Å². The van der Waals surface area contributed by atoms with Gasteiger partial charge in [0.15, 0.2) is 0 Å². The Labute approximate surface area is 188 Å². The molecule has 1 N–H and O–H groups in total. The molecule has 8 heteroatoms. The van der Waals surface area contributed by atoms with Crippen LogP contribution >= 0.6 is 0 Å². The Hall–Kier alpha value is -3.26. The highest BCUT2D eigenvalue weighted by molar-refractivity contribution is 5.93. The number of methoxy groups -OCH3 is 3. The number of fused-ring (bicyclic) bond motifs is 1. The highest BCUT2D eigenvalue weighted by Gasteiger charge is 2.23. The summed E-state index contributed by atoms with van der Waals surface area (Å²) in [7, 11) is 4.87. The van der Waals surface area contributed by atoms with E-state index >= 15 is 0 Å². The number of aromatic nitrogens is 2. The number of nitrogens with zero attached hydrogens (tertiary/aromatic N) is 2. The summed E-state index contributed by atoms with van der Waals surface area (Å²) in [4.78, 5) is 12.5. The molecule has 0 saturated carbocycles. The molecule has 0 unspecified atom stereocenters. The van der Waals surface area contributed by atoms with Gasteiger partial charge in [-0.05, 0) is 57.0 Å². The van der Waals surface area contributed by atoms with Crippen molar-refractivity contribution in [1.82, 2.24) is 9.61 Å². The van der Waals surface area contributed by atoms with Gasteiger partial charge in [0.1, 0.15) is 17.1 Å². The molecule has 2 aromatic heterocycles. The zero-order chi connectivity index (χ0) is 23.5. The van der Waals surface area contributed by atoms with Crippen LogP contribution in [0.1, 0.15) is 39.0 Å². The molecule has 8 nitrogen and oxygen atoms in total. The number of amides is 1. The van der Waals surface area contributed by atoms with E-state index in [1.807, 2.05) is 58.0 Å². The average molecular weight is 442 g/mol. The lowest BCUT2D eigenvalue weighted by atomic mass is 10.0. The summed E-state index contributed by atoms with van der Waals surface area (Å²) in [6, 6.07) is 9.59. The molecule has 0 fully saturated rings. The number of carbonyl (C=O) groups excluding carboxylic acids is 1. The fourth-order valence-corrected chi connectivity index (χ4v) is 3.56. The van der Waals surface area contributed by atoms with Crippen molar-refractivity contribution in [2.24, 2.45) is 0 Å². The summed E-state index contributed by atoms with van der Waals surface area (Å²) in [6.45, 7) is 7.90. The maximum absolute atomic E-state index is 12.5. The summed E-state index contributed by atoms with van der Waals surface area (Å²) in [6.07, 6.45) is 0.111. The lowest BCUT2D eigenvalue weighted by Crippen LogP contribution is -2.27. The molecular formula is C24H31N3O5. The van der Waals surface area contributed by atoms with Crippen molar-refractivity contribution in [3.05, 3.63) is 41.6 Å². The molecule has 0 bridgehead atoms. The molecule has 32 heavy (non-hydrogen) atoms. The number of hydrogen-bond donors (Lipinski definition) is 1. The zero-order valence-electron chi connectivity index (χ0n) is 19.7. The van der Waals surface area contributed by atoms with Crippen LogP contribution in [0.5, 0.6) is 11.5 Å². The predicted octanol–water partition coefficient (Wildman–Crippen LogP) is 5.07. The van der Waals surface area contributed by atoms with E-state index in [9.17, 15) is 4.79 Å². The van der Waals surface area contributed by atoms with Gasteiger partial charge in [0.25, 0.3) is 0 Å². The highest BCUT2D eigenvalue weighted by Crippen LogP contribution is 2.41. The maximum Gasteiger partial charge on any atom is 0.412 e. The van der Waals surface area contributed by atoms with Gasteiger partial charge in [-0.25, -0.2) is 9.31 Å². The summed E-state index contributed by atoms with van der Waals surface area (Å²) >= 11 is 0. The van der Waals surface area contributed by atoms with Crippen LogP contribution in [-0.2, 0) is 22.5 Å². The molecule has 0 saturated heterocycles. The largest absolute Gasteiger partial charge is 0.496 e. The van der Waals surface area contributed by atoms with Crippen molar-refractivity contribution in [2.45, 2.75) is 46.3 Å². The normalized spacial score (nSPS) is 11.5. The van der Waals surface area contributed by atoms with Crippen LogP contribution in [0.25, 0.3) is 16.8 Å². The monoisotopic (exact) mass is 441 g/mol. The predicted molar refractivity (Wildman–Crippen MR) is 124 cm³/mol. The van der Waals surface area contributed by atoms with E-state index in [4.69, 9.17) is 24.0 Å². The van der Waals surface area contributed by atoms with Crippen molar-refractivity contribution in [2.75, 3.05) is 26.6 Å². The minimum absolute atomic E-state index is 0.433. The first-order chi connectivity index (χ1) is 15.2. The Morgan fingerprint density at radius 2 is 1.75 bits per heavy atom. The molecule has 1 amide bonds. The van der Waals surface area contributed by atoms with Gasteiger partial charge in [-0.15, -0.1) is 0 Å². The number of aryl methyl sites for hydroxylation is 1. The number of anilines is 1. The Bertz CT molecular complexity index is 1090. The lowest BCUT2D eigenvalue weighted by molar-refractivity contribution is 0.0636. The van der Waals surface area contributed by atoms with E-state index in [1.54, 1.807) is 25.8 Å². The smallest absolute Gasteiger partial charge is 0.412 e. The van der Waals surface area contributed by atoms with Crippen molar-refractivity contribution < 1.29 is 23.7 Å². The SMILES string of the molecule is CCc1nn2c(-c3c(OC)cc(COC)cc3OC)cccc2c1NC(=O)OC(C)(C)C. The zero-order valence-corrected chi connectivity index (χ0v) is 19.7. The third-order valence-electron chi connectivity index (χ3n) is 4.82. The van der Waals surface area contributed by atoms with Gasteiger partial charge >= 0.3 is 6.09 Å². The number of hydrogen-bond acceptors (Lipinski definition) is 6. The Morgan fingerprint density at radius 3 is 2.28 bits per heavy atom. The van der Waals surface area contributed by atoms with Gasteiger partial charge in [0, 0.05) is 7.11 Å². The van der Waals surface area contributed by atoms with Crippen molar-refractivity contribution in [1.29, 1.82) is 0 Å². The number of rotatable bonds is 7. The van der Waals surface area contributed by atoms with Crippen LogP contribution in [0.3, 0.4) is 0 Å². The van der Waals surface area contributed by atoms with Crippen LogP contribution < -0.4 is 14.8 Å².